The van der Waals surface area contributed by atoms with Crippen molar-refractivity contribution in [1.82, 2.24) is 0 Å². The molecule has 3 heteroatoms. The summed E-state index contributed by atoms with van der Waals surface area (Å²) >= 11 is 5.28. The van der Waals surface area contributed by atoms with E-state index in [1.807, 2.05) is 0 Å². The Morgan fingerprint density at radius 1 is 1.21 bits per heavy atom. The Morgan fingerprint density at radius 2 is 1.79 bits per heavy atom. The molecule has 0 N–H and O–H groups in total. The molecule has 0 saturated heterocycles. The molecule has 19 heavy (non-hydrogen) atoms. The summed E-state index contributed by atoms with van der Waals surface area (Å²) in [6.45, 7) is 0. The molecule has 0 aliphatic heterocycles. The van der Waals surface area contributed by atoms with Crippen LogP contribution in [0.2, 0.25) is 0 Å². The van der Waals surface area contributed by atoms with Crippen LogP contribution in [0.4, 0.5) is 0 Å². The summed E-state index contributed by atoms with van der Waals surface area (Å²) in [5, 5.41) is 2.08. The first-order valence-electron chi connectivity index (χ1n) is 7.40. The summed E-state index contributed by atoms with van der Waals surface area (Å²) in [7, 11) is 0. The number of hydrogen-bond donors (Lipinski definition) is 0. The highest BCUT2D eigenvalue weighted by molar-refractivity contribution is 9.10. The van der Waals surface area contributed by atoms with Gasteiger partial charge in [0.1, 0.15) is 5.78 Å². The fourth-order valence-corrected chi connectivity index (χ4v) is 6.73. The van der Waals surface area contributed by atoms with Crippen LogP contribution in [0.5, 0.6) is 0 Å². The third-order valence-corrected chi connectivity index (χ3v) is 7.57. The van der Waals surface area contributed by atoms with Crippen molar-refractivity contribution in [2.45, 2.75) is 44.9 Å². The predicted molar refractivity (Wildman–Crippen MR) is 81.3 cm³/mol. The summed E-state index contributed by atoms with van der Waals surface area (Å²) in [5.41, 5.74) is 0.0676. The van der Waals surface area contributed by atoms with Gasteiger partial charge in [-0.2, -0.15) is 0 Å². The van der Waals surface area contributed by atoms with Crippen LogP contribution in [0, 0.1) is 23.2 Å². The van der Waals surface area contributed by atoms with E-state index in [1.54, 1.807) is 11.3 Å². The van der Waals surface area contributed by atoms with Gasteiger partial charge in [0, 0.05) is 21.2 Å². The van der Waals surface area contributed by atoms with Gasteiger partial charge in [0.25, 0.3) is 0 Å². The van der Waals surface area contributed by atoms with Crippen LogP contribution < -0.4 is 0 Å². The van der Waals surface area contributed by atoms with E-state index in [-0.39, 0.29) is 5.41 Å². The fourth-order valence-electron chi connectivity index (χ4n) is 5.24. The Balaban J connectivity index is 1.58. The first-order chi connectivity index (χ1) is 9.14. The number of hydrogen-bond acceptors (Lipinski definition) is 2. The zero-order valence-corrected chi connectivity index (χ0v) is 13.4. The molecule has 102 valence electrons. The van der Waals surface area contributed by atoms with E-state index >= 15 is 0 Å². The van der Waals surface area contributed by atoms with Gasteiger partial charge in [-0.15, -0.1) is 11.3 Å². The molecule has 1 aromatic heterocycles. The topological polar surface area (TPSA) is 17.1 Å². The minimum atomic E-state index is 0.0676. The van der Waals surface area contributed by atoms with Gasteiger partial charge in [-0.3, -0.25) is 4.79 Å². The molecule has 0 radical (unpaired) electrons. The number of Topliss-reactive ketones (excluding diaryl/α,β-unsaturated/α-hetero) is 1. The number of carbonyl (C=O) groups excluding carboxylic acids is 1. The number of rotatable bonds is 3. The van der Waals surface area contributed by atoms with Crippen molar-refractivity contribution < 1.29 is 4.79 Å². The minimum absolute atomic E-state index is 0.0676. The van der Waals surface area contributed by atoms with E-state index in [9.17, 15) is 4.79 Å². The molecule has 0 unspecified atom stereocenters. The van der Waals surface area contributed by atoms with Crippen molar-refractivity contribution >= 4 is 33.0 Å². The Labute approximate surface area is 126 Å². The van der Waals surface area contributed by atoms with Crippen molar-refractivity contribution in [3.63, 3.8) is 0 Å². The molecule has 0 atom stereocenters. The maximum Gasteiger partial charge on any atom is 0.144 e. The smallest absolute Gasteiger partial charge is 0.144 e. The van der Waals surface area contributed by atoms with Gasteiger partial charge in [-0.25, -0.2) is 0 Å². The largest absolute Gasteiger partial charge is 0.299 e. The van der Waals surface area contributed by atoms with E-state index in [4.69, 9.17) is 0 Å². The molecule has 0 amide bonds. The summed E-state index contributed by atoms with van der Waals surface area (Å²) in [4.78, 5) is 14.1. The lowest BCUT2D eigenvalue weighted by Gasteiger charge is -2.56. The lowest BCUT2D eigenvalue weighted by Crippen LogP contribution is -2.50. The number of ketones is 1. The maximum absolute atomic E-state index is 12.9. The zero-order valence-electron chi connectivity index (χ0n) is 11.0. The molecular formula is C16H19BrOS. The average Bonchev–Trinajstić information content (AvgIpc) is 2.73. The minimum Gasteiger partial charge on any atom is -0.299 e. The van der Waals surface area contributed by atoms with Crippen LogP contribution in [0.15, 0.2) is 15.9 Å². The number of halogens is 1. The Hall–Kier alpha value is -0.150. The van der Waals surface area contributed by atoms with Crippen LogP contribution in [0.1, 0.15) is 43.4 Å². The quantitative estimate of drug-likeness (QED) is 0.770. The molecule has 0 aromatic carbocycles. The van der Waals surface area contributed by atoms with Crippen molar-refractivity contribution in [3.8, 4) is 0 Å². The first-order valence-corrected chi connectivity index (χ1v) is 9.07. The summed E-state index contributed by atoms with van der Waals surface area (Å²) in [6.07, 6.45) is 8.48. The van der Waals surface area contributed by atoms with Gasteiger partial charge in [-0.05, 0) is 83.7 Å². The monoisotopic (exact) mass is 338 g/mol. The molecule has 4 saturated carbocycles. The van der Waals surface area contributed by atoms with Crippen LogP contribution in [-0.4, -0.2) is 5.78 Å². The SMILES string of the molecule is O=C(Cc1sccc1Br)C12CC3CC(CC(C3)C1)C2. The highest BCUT2D eigenvalue weighted by Gasteiger charge is 2.54. The normalized spacial score (nSPS) is 39.7. The summed E-state index contributed by atoms with van der Waals surface area (Å²) in [6, 6.07) is 2.06. The van der Waals surface area contributed by atoms with Gasteiger partial charge < -0.3 is 0 Å². The molecule has 4 bridgehead atoms. The van der Waals surface area contributed by atoms with E-state index in [0.29, 0.717) is 12.2 Å². The average molecular weight is 339 g/mol. The van der Waals surface area contributed by atoms with Crippen LogP contribution >= 0.6 is 27.3 Å². The highest BCUT2D eigenvalue weighted by Crippen LogP contribution is 2.60. The Kier molecular flexibility index (Phi) is 2.93. The molecule has 1 nitrogen and oxygen atoms in total. The van der Waals surface area contributed by atoms with Crippen LogP contribution in [0.3, 0.4) is 0 Å². The predicted octanol–water partition coefficient (Wildman–Crippen LogP) is 4.84. The first kappa shape index (κ1) is 12.6. The number of carbonyl (C=O) groups is 1. The molecule has 4 aliphatic carbocycles. The molecule has 0 spiro atoms. The third-order valence-electron chi connectivity index (χ3n) is 5.64. The lowest BCUT2D eigenvalue weighted by atomic mass is 9.48. The summed E-state index contributed by atoms with van der Waals surface area (Å²) in [5.74, 6) is 3.13. The van der Waals surface area contributed by atoms with Crippen molar-refractivity contribution in [3.05, 3.63) is 20.8 Å². The molecule has 1 aromatic rings. The summed E-state index contributed by atoms with van der Waals surface area (Å²) < 4.78 is 1.12. The van der Waals surface area contributed by atoms with Crippen molar-refractivity contribution in [2.24, 2.45) is 23.2 Å². The van der Waals surface area contributed by atoms with E-state index < -0.39 is 0 Å². The van der Waals surface area contributed by atoms with E-state index in [2.05, 4.69) is 27.4 Å². The lowest BCUT2D eigenvalue weighted by molar-refractivity contribution is -0.143. The van der Waals surface area contributed by atoms with Gasteiger partial charge in [0.15, 0.2) is 0 Å². The zero-order chi connectivity index (χ0) is 13.0. The third kappa shape index (κ3) is 2.04. The van der Waals surface area contributed by atoms with Gasteiger partial charge in [0.05, 0.1) is 0 Å². The maximum atomic E-state index is 12.9. The van der Waals surface area contributed by atoms with E-state index in [0.717, 1.165) is 22.2 Å². The molecule has 4 aliphatic rings. The van der Waals surface area contributed by atoms with Crippen LogP contribution in [-0.2, 0) is 11.2 Å². The van der Waals surface area contributed by atoms with E-state index in [1.165, 1.54) is 43.4 Å². The molecular weight excluding hydrogens is 320 g/mol. The second-order valence-corrected chi connectivity index (χ2v) is 8.84. The standard InChI is InChI=1S/C16H19BrOS/c17-13-1-2-19-14(13)6-15(18)16-7-10-3-11(8-16)5-12(4-10)9-16/h1-2,10-12H,3-9H2. The highest BCUT2D eigenvalue weighted by atomic mass is 79.9. The van der Waals surface area contributed by atoms with Crippen molar-refractivity contribution in [1.29, 1.82) is 0 Å². The second-order valence-electron chi connectivity index (χ2n) is 6.99. The molecule has 4 fully saturated rings. The Morgan fingerprint density at radius 3 is 2.26 bits per heavy atom. The number of thiophene rings is 1. The van der Waals surface area contributed by atoms with Crippen LogP contribution in [0.25, 0.3) is 0 Å². The second kappa shape index (κ2) is 4.42. The Bertz CT molecular complexity index is 483. The van der Waals surface area contributed by atoms with Gasteiger partial charge >= 0.3 is 0 Å². The van der Waals surface area contributed by atoms with Gasteiger partial charge in [-0.1, -0.05) is 0 Å². The van der Waals surface area contributed by atoms with Gasteiger partial charge in [0.2, 0.25) is 0 Å². The fraction of sp³-hybridized carbons (Fsp3) is 0.688. The molecule has 1 heterocycles. The van der Waals surface area contributed by atoms with Crippen molar-refractivity contribution in [2.75, 3.05) is 0 Å². The molecule has 5 rings (SSSR count).